The van der Waals surface area contributed by atoms with Crippen molar-refractivity contribution in [3.8, 4) is 0 Å². The molecule has 36 heavy (non-hydrogen) atoms. The molecule has 0 spiro atoms. The zero-order chi connectivity index (χ0) is 25.8. The number of Topliss-reactive ketones (excluding diaryl/α,β-unsaturated/α-hetero) is 1. The molecular formula is C24H23ClF2N6O3. The average Bonchev–Trinajstić information content (AvgIpc) is 3.52. The van der Waals surface area contributed by atoms with Crippen molar-refractivity contribution in [3.05, 3.63) is 63.2 Å². The predicted octanol–water partition coefficient (Wildman–Crippen LogP) is 3.70. The Hall–Kier alpha value is -3.60. The summed E-state index contributed by atoms with van der Waals surface area (Å²) in [6.45, 7) is 3.96. The van der Waals surface area contributed by atoms with Crippen LogP contribution in [0.15, 0.2) is 24.4 Å². The van der Waals surface area contributed by atoms with Gasteiger partial charge in [-0.2, -0.15) is 0 Å². The fourth-order valence-electron chi connectivity index (χ4n) is 5.16. The first-order chi connectivity index (χ1) is 17.0. The molecule has 0 unspecified atom stereocenters. The van der Waals surface area contributed by atoms with E-state index >= 15 is 0 Å². The molecular weight excluding hydrogens is 494 g/mol. The number of alkyl halides is 2. The minimum atomic E-state index is -2.99. The van der Waals surface area contributed by atoms with Gasteiger partial charge in [0.05, 0.1) is 11.1 Å². The van der Waals surface area contributed by atoms with Crippen LogP contribution in [0.4, 0.5) is 14.5 Å². The van der Waals surface area contributed by atoms with Crippen molar-refractivity contribution < 1.29 is 23.2 Å². The molecule has 0 radical (unpaired) electrons. The minimum absolute atomic E-state index is 0.124. The van der Waals surface area contributed by atoms with E-state index in [0.717, 1.165) is 5.56 Å². The van der Waals surface area contributed by atoms with Gasteiger partial charge in [0.15, 0.2) is 0 Å². The number of hydrogen-bond acceptors (Lipinski definition) is 5. The maximum absolute atomic E-state index is 13.8. The van der Waals surface area contributed by atoms with Crippen LogP contribution in [0.5, 0.6) is 0 Å². The second-order valence-electron chi connectivity index (χ2n) is 9.40. The fourth-order valence-corrected chi connectivity index (χ4v) is 5.34. The van der Waals surface area contributed by atoms with Crippen molar-refractivity contribution in [2.75, 3.05) is 5.32 Å². The molecule has 0 saturated heterocycles. The summed E-state index contributed by atoms with van der Waals surface area (Å²) in [5.41, 5.74) is 1.32. The van der Waals surface area contributed by atoms with E-state index < -0.39 is 41.9 Å². The molecule has 9 nitrogen and oxygen atoms in total. The molecule has 0 atom stereocenters. The summed E-state index contributed by atoms with van der Waals surface area (Å²) in [4.78, 5) is 39.6. The summed E-state index contributed by atoms with van der Waals surface area (Å²) in [6, 6.07) is 5.14. The van der Waals surface area contributed by atoms with Crippen molar-refractivity contribution in [2.24, 2.45) is 0 Å². The highest BCUT2D eigenvalue weighted by Gasteiger charge is 2.60. The number of nitrogens with one attached hydrogen (secondary N) is 3. The van der Waals surface area contributed by atoms with Crippen LogP contribution in [0.3, 0.4) is 0 Å². The molecule has 2 aromatic heterocycles. The molecule has 1 aliphatic carbocycles. The molecule has 3 aromatic rings. The monoisotopic (exact) mass is 516 g/mol. The number of rotatable bonds is 6. The van der Waals surface area contributed by atoms with Crippen LogP contribution in [-0.2, 0) is 23.3 Å². The molecule has 0 bridgehead atoms. The van der Waals surface area contributed by atoms with E-state index in [1.165, 1.54) is 6.20 Å². The number of benzene rings is 1. The van der Waals surface area contributed by atoms with E-state index in [1.807, 2.05) is 6.92 Å². The number of aryl methyl sites for hydroxylation is 1. The van der Waals surface area contributed by atoms with Crippen molar-refractivity contribution in [3.63, 3.8) is 0 Å². The average molecular weight is 517 g/mol. The van der Waals surface area contributed by atoms with E-state index in [0.29, 0.717) is 41.4 Å². The third kappa shape index (κ3) is 3.97. The maximum Gasteiger partial charge on any atom is 0.293 e. The zero-order valence-electron chi connectivity index (χ0n) is 19.5. The van der Waals surface area contributed by atoms with Crippen LogP contribution in [0.25, 0.3) is 0 Å². The maximum atomic E-state index is 13.8. The number of aromatic nitrogens is 4. The lowest BCUT2D eigenvalue weighted by Crippen LogP contribution is -2.61. The Morgan fingerprint density at radius 3 is 2.58 bits per heavy atom. The highest BCUT2D eigenvalue weighted by Crippen LogP contribution is 2.51. The predicted molar refractivity (Wildman–Crippen MR) is 126 cm³/mol. The number of H-pyrrole nitrogens is 1. The number of hydrogen-bond donors (Lipinski definition) is 3. The Labute approximate surface area is 209 Å². The lowest BCUT2D eigenvalue weighted by Gasteiger charge is -2.46. The summed E-state index contributed by atoms with van der Waals surface area (Å²) in [7, 11) is 0. The van der Waals surface area contributed by atoms with Crippen molar-refractivity contribution in [1.82, 2.24) is 25.3 Å². The van der Waals surface area contributed by atoms with Crippen LogP contribution < -0.4 is 10.6 Å². The van der Waals surface area contributed by atoms with Crippen molar-refractivity contribution in [2.45, 2.75) is 57.5 Å². The molecule has 1 saturated carbocycles. The molecule has 1 aliphatic heterocycles. The van der Waals surface area contributed by atoms with Gasteiger partial charge in [-0.25, -0.2) is 8.78 Å². The Morgan fingerprint density at radius 1 is 1.19 bits per heavy atom. The first-order valence-electron chi connectivity index (χ1n) is 11.4. The van der Waals surface area contributed by atoms with Gasteiger partial charge in [-0.3, -0.25) is 19.5 Å². The van der Waals surface area contributed by atoms with E-state index in [9.17, 15) is 23.2 Å². The number of fused-ring (bicyclic) bond motifs is 1. The van der Waals surface area contributed by atoms with E-state index in [-0.39, 0.29) is 17.0 Å². The van der Waals surface area contributed by atoms with E-state index in [1.54, 1.807) is 29.7 Å². The van der Waals surface area contributed by atoms with E-state index in [2.05, 4.69) is 26.0 Å². The van der Waals surface area contributed by atoms with E-state index in [4.69, 9.17) is 11.6 Å². The highest BCUT2D eigenvalue weighted by molar-refractivity contribution is 6.44. The van der Waals surface area contributed by atoms with Crippen LogP contribution in [0.2, 0.25) is 5.02 Å². The van der Waals surface area contributed by atoms with Gasteiger partial charge in [0.25, 0.3) is 23.5 Å². The van der Waals surface area contributed by atoms with Gasteiger partial charge in [-0.1, -0.05) is 22.9 Å². The lowest BCUT2D eigenvalue weighted by molar-refractivity contribution is -0.148. The Kier molecular flexibility index (Phi) is 5.70. The quantitative estimate of drug-likeness (QED) is 0.341. The molecule has 3 heterocycles. The van der Waals surface area contributed by atoms with Gasteiger partial charge >= 0.3 is 0 Å². The van der Waals surface area contributed by atoms with Gasteiger partial charge < -0.3 is 15.2 Å². The number of nitrogens with zero attached hydrogens (tertiary/aromatic N) is 3. The molecule has 3 N–H and O–H groups in total. The van der Waals surface area contributed by atoms with Crippen molar-refractivity contribution >= 4 is 34.9 Å². The SMILES string of the molecule is Cc1ccc(NC(=O)c2c(C)c(C(=O)C(=O)NC3(c4c[nH]nn4)CC(F)(F)C3)c3n2CCC3)cc1Cl. The number of ketones is 1. The molecule has 5 rings (SSSR count). The Bertz CT molecular complexity index is 1390. The summed E-state index contributed by atoms with van der Waals surface area (Å²) < 4.78 is 29.4. The van der Waals surface area contributed by atoms with Crippen LogP contribution in [0.1, 0.15) is 62.6 Å². The van der Waals surface area contributed by atoms with Crippen LogP contribution in [0, 0.1) is 13.8 Å². The van der Waals surface area contributed by atoms with Gasteiger partial charge in [0, 0.05) is 42.0 Å². The molecule has 1 aromatic carbocycles. The van der Waals surface area contributed by atoms with Gasteiger partial charge in [0.1, 0.15) is 11.4 Å². The summed E-state index contributed by atoms with van der Waals surface area (Å²) in [5.74, 6) is -5.34. The third-order valence-electron chi connectivity index (χ3n) is 6.87. The van der Waals surface area contributed by atoms with Crippen LogP contribution >= 0.6 is 11.6 Å². The number of carbonyl (C=O) groups is 3. The topological polar surface area (TPSA) is 122 Å². The van der Waals surface area contributed by atoms with Crippen LogP contribution in [-0.4, -0.2) is 43.5 Å². The smallest absolute Gasteiger partial charge is 0.293 e. The Balaban J connectivity index is 1.43. The molecule has 2 aliphatic rings. The number of amides is 2. The van der Waals surface area contributed by atoms with Crippen molar-refractivity contribution in [1.29, 1.82) is 0 Å². The number of halogens is 3. The number of anilines is 1. The lowest BCUT2D eigenvalue weighted by atomic mass is 9.71. The summed E-state index contributed by atoms with van der Waals surface area (Å²) >= 11 is 6.17. The first kappa shape index (κ1) is 24.1. The third-order valence-corrected chi connectivity index (χ3v) is 7.28. The van der Waals surface area contributed by atoms with Gasteiger partial charge in [-0.15, -0.1) is 5.10 Å². The molecule has 12 heteroatoms. The summed E-state index contributed by atoms with van der Waals surface area (Å²) in [5, 5.41) is 15.6. The zero-order valence-corrected chi connectivity index (χ0v) is 20.3. The standard InChI is InChI=1S/C24H23ClF2N6O3/c1-12-5-6-14(8-15(12)25)29-21(35)19-13(2)18(16-4-3-7-33(16)19)20(34)22(36)30-23(10-24(26,27)11-23)17-9-28-32-31-17/h5-6,8-9H,3-4,7,10-11H2,1-2H3,(H,29,35)(H,30,36)(H,28,31,32). The molecule has 2 amide bonds. The second-order valence-corrected chi connectivity index (χ2v) is 9.81. The fraction of sp³-hybridized carbons (Fsp3) is 0.375. The minimum Gasteiger partial charge on any atom is -0.340 e. The summed E-state index contributed by atoms with van der Waals surface area (Å²) in [6.07, 6.45) is 1.14. The molecule has 188 valence electrons. The molecule has 1 fully saturated rings. The number of aromatic amines is 1. The highest BCUT2D eigenvalue weighted by atomic mass is 35.5. The first-order valence-corrected chi connectivity index (χ1v) is 11.8. The number of carbonyl (C=O) groups excluding carboxylic acids is 3. The van der Waals surface area contributed by atoms with Gasteiger partial charge in [-0.05, 0) is 49.9 Å². The largest absolute Gasteiger partial charge is 0.340 e. The Morgan fingerprint density at radius 2 is 1.94 bits per heavy atom. The normalized spacial score (nSPS) is 17.2. The van der Waals surface area contributed by atoms with Gasteiger partial charge in [0.2, 0.25) is 0 Å². The second kappa shape index (κ2) is 8.51.